The van der Waals surface area contributed by atoms with Crippen LogP contribution in [0.1, 0.15) is 44.6 Å². The van der Waals surface area contributed by atoms with Gasteiger partial charge in [0.1, 0.15) is 29.9 Å². The number of benzene rings is 1. The van der Waals surface area contributed by atoms with Crippen LogP contribution in [0.3, 0.4) is 0 Å². The second kappa shape index (κ2) is 17.6. The Balaban J connectivity index is 3.10. The Bertz CT molecular complexity index is 999. The van der Waals surface area contributed by atoms with Gasteiger partial charge in [0.2, 0.25) is 17.7 Å². The molecular weight excluding hydrogens is 524 g/mol. The molecule has 15 heteroatoms. The van der Waals surface area contributed by atoms with Crippen molar-refractivity contribution in [2.75, 3.05) is 13.1 Å². The summed E-state index contributed by atoms with van der Waals surface area (Å²) in [5.41, 5.74) is 22.4. The van der Waals surface area contributed by atoms with Crippen LogP contribution in [-0.2, 0) is 25.6 Å². The van der Waals surface area contributed by atoms with Crippen LogP contribution >= 0.6 is 0 Å². The zero-order valence-corrected chi connectivity index (χ0v) is 22.6. The molecule has 0 aliphatic carbocycles. The summed E-state index contributed by atoms with van der Waals surface area (Å²) < 4.78 is 0. The van der Waals surface area contributed by atoms with Gasteiger partial charge in [0.25, 0.3) is 0 Å². The molecule has 224 valence electrons. The molecule has 1 aromatic carbocycles. The number of hydrogen-bond acceptors (Lipinski definition) is 9. The Kier molecular flexibility index (Phi) is 15.0. The van der Waals surface area contributed by atoms with Gasteiger partial charge in [0, 0.05) is 13.0 Å². The molecule has 1 aromatic rings. The van der Waals surface area contributed by atoms with Gasteiger partial charge in [0.15, 0.2) is 5.96 Å². The van der Waals surface area contributed by atoms with Gasteiger partial charge in [-0.3, -0.25) is 19.4 Å². The molecule has 5 atom stereocenters. The van der Waals surface area contributed by atoms with Gasteiger partial charge >= 0.3 is 5.97 Å². The first-order valence-electron chi connectivity index (χ1n) is 13.0. The fourth-order valence-electron chi connectivity index (χ4n) is 3.63. The average Bonchev–Trinajstić information content (AvgIpc) is 2.89. The van der Waals surface area contributed by atoms with Crippen molar-refractivity contribution in [1.29, 1.82) is 0 Å². The van der Waals surface area contributed by atoms with Crippen molar-refractivity contribution in [2.45, 2.75) is 75.7 Å². The summed E-state index contributed by atoms with van der Waals surface area (Å²) in [6, 6.07) is 1.03. The van der Waals surface area contributed by atoms with E-state index >= 15 is 0 Å². The maximum Gasteiger partial charge on any atom is 0.326 e. The monoisotopic (exact) mass is 566 g/mol. The molecule has 0 saturated carbocycles. The minimum Gasteiger partial charge on any atom is -0.508 e. The van der Waals surface area contributed by atoms with Crippen molar-refractivity contribution < 1.29 is 34.5 Å². The number of carbonyl (C=O) groups excluding carboxylic acids is 3. The summed E-state index contributed by atoms with van der Waals surface area (Å²) in [5, 5.41) is 36.4. The van der Waals surface area contributed by atoms with Crippen LogP contribution in [0.5, 0.6) is 5.75 Å². The molecule has 1 rings (SSSR count). The van der Waals surface area contributed by atoms with Crippen LogP contribution in [0.25, 0.3) is 0 Å². The second-order valence-electron chi connectivity index (χ2n) is 9.39. The van der Waals surface area contributed by atoms with Gasteiger partial charge in [0.05, 0.1) is 6.10 Å². The highest BCUT2D eigenvalue weighted by molar-refractivity contribution is 5.94. The molecule has 5 unspecified atom stereocenters. The number of guanidine groups is 1. The molecule has 0 bridgehead atoms. The number of carbonyl (C=O) groups is 4. The number of aromatic hydroxyl groups is 1. The number of rotatable bonds is 18. The maximum absolute atomic E-state index is 13.3. The van der Waals surface area contributed by atoms with Crippen LogP contribution in [0.15, 0.2) is 29.3 Å². The lowest BCUT2D eigenvalue weighted by Crippen LogP contribution is -2.58. The largest absolute Gasteiger partial charge is 0.508 e. The molecule has 0 aliphatic rings. The van der Waals surface area contributed by atoms with Crippen molar-refractivity contribution in [3.63, 3.8) is 0 Å². The number of aliphatic imine (C=N–C) groups is 1. The molecule has 15 nitrogen and oxygen atoms in total. The summed E-state index contributed by atoms with van der Waals surface area (Å²) in [7, 11) is 0. The number of nitrogens with one attached hydrogen (secondary N) is 3. The fraction of sp³-hybridized carbons (Fsp3) is 0.560. The summed E-state index contributed by atoms with van der Waals surface area (Å²) in [4.78, 5) is 54.6. The first kappa shape index (κ1) is 34.1. The molecule has 0 saturated heterocycles. The number of aliphatic carboxylic acids is 1. The topological polar surface area (TPSA) is 282 Å². The van der Waals surface area contributed by atoms with E-state index in [-0.39, 0.29) is 43.9 Å². The van der Waals surface area contributed by atoms with E-state index in [2.05, 4.69) is 20.9 Å². The molecule has 0 radical (unpaired) electrons. The predicted octanol–water partition coefficient (Wildman–Crippen LogP) is -2.64. The molecular formula is C25H42N8O7. The number of amides is 3. The quantitative estimate of drug-likeness (QED) is 0.0498. The van der Waals surface area contributed by atoms with Gasteiger partial charge in [-0.1, -0.05) is 12.1 Å². The van der Waals surface area contributed by atoms with Crippen molar-refractivity contribution in [2.24, 2.45) is 27.9 Å². The minimum atomic E-state index is -1.31. The lowest BCUT2D eigenvalue weighted by Gasteiger charge is -2.26. The number of hydrogen-bond donors (Lipinski definition) is 10. The number of aliphatic hydroxyl groups excluding tert-OH is 1. The van der Waals surface area contributed by atoms with Crippen molar-refractivity contribution in [3.05, 3.63) is 29.8 Å². The number of carboxylic acids is 1. The van der Waals surface area contributed by atoms with E-state index in [9.17, 15) is 34.5 Å². The molecule has 14 N–H and O–H groups in total. The van der Waals surface area contributed by atoms with Gasteiger partial charge in [-0.05, 0) is 63.3 Å². The van der Waals surface area contributed by atoms with Crippen LogP contribution in [0.2, 0.25) is 0 Å². The molecule has 3 amide bonds. The number of aliphatic hydroxyl groups is 1. The SMILES string of the molecule is CC(O)C(N)C(=O)NC(Cc1ccc(O)cc1)C(=O)NC(CCCCN)C(=O)NC(CCCN=C(N)N)C(=O)O. The molecule has 0 fully saturated rings. The number of phenolic OH excluding ortho intramolecular Hbond substituents is 1. The molecule has 0 heterocycles. The lowest BCUT2D eigenvalue weighted by molar-refractivity contribution is -0.142. The van der Waals surface area contributed by atoms with E-state index in [0.717, 1.165) is 0 Å². The number of unbranched alkanes of at least 4 members (excludes halogenated alkanes) is 1. The van der Waals surface area contributed by atoms with E-state index in [1.807, 2.05) is 0 Å². The first-order chi connectivity index (χ1) is 18.8. The van der Waals surface area contributed by atoms with E-state index in [4.69, 9.17) is 22.9 Å². The molecule has 0 aliphatic heterocycles. The van der Waals surface area contributed by atoms with E-state index < -0.39 is 54.0 Å². The third kappa shape index (κ3) is 12.7. The molecule has 0 aromatic heterocycles. The predicted molar refractivity (Wildman–Crippen MR) is 148 cm³/mol. The van der Waals surface area contributed by atoms with E-state index in [1.165, 1.54) is 19.1 Å². The Morgan fingerprint density at radius 2 is 1.43 bits per heavy atom. The minimum absolute atomic E-state index is 0.00726. The highest BCUT2D eigenvalue weighted by Gasteiger charge is 2.31. The Hall–Kier alpha value is -3.95. The normalized spacial score (nSPS) is 14.6. The van der Waals surface area contributed by atoms with Crippen LogP contribution in [0, 0.1) is 0 Å². The number of nitrogens with two attached hydrogens (primary N) is 4. The Morgan fingerprint density at radius 3 is 1.98 bits per heavy atom. The number of nitrogens with zero attached hydrogens (tertiary/aromatic N) is 1. The number of phenols is 1. The standard InChI is InChI=1S/C25H42N8O7/c1-14(34)20(27)23(38)33-19(13-15-7-9-16(35)10-8-15)22(37)31-17(5-2-3-11-26)21(36)32-18(24(39)40)6-4-12-30-25(28)29/h7-10,14,17-20,34-35H,2-6,11-13,26-27H2,1H3,(H,31,37)(H,32,36)(H,33,38)(H,39,40)(H4,28,29,30). The lowest BCUT2D eigenvalue weighted by atomic mass is 10.0. The first-order valence-corrected chi connectivity index (χ1v) is 13.0. The summed E-state index contributed by atoms with van der Waals surface area (Å²) in [6.07, 6.45) is 0.275. The van der Waals surface area contributed by atoms with E-state index in [0.29, 0.717) is 24.9 Å². The van der Waals surface area contributed by atoms with Crippen LogP contribution < -0.4 is 38.9 Å². The average molecular weight is 567 g/mol. The molecule has 40 heavy (non-hydrogen) atoms. The highest BCUT2D eigenvalue weighted by atomic mass is 16.4. The Morgan fingerprint density at radius 1 is 0.875 bits per heavy atom. The van der Waals surface area contributed by atoms with Gasteiger partial charge < -0.3 is 54.2 Å². The third-order valence-corrected chi connectivity index (χ3v) is 5.97. The summed E-state index contributed by atoms with van der Waals surface area (Å²) in [5.74, 6) is -3.64. The van der Waals surface area contributed by atoms with Crippen LogP contribution in [-0.4, -0.2) is 88.3 Å². The summed E-state index contributed by atoms with van der Waals surface area (Å²) in [6.45, 7) is 1.85. The van der Waals surface area contributed by atoms with Crippen molar-refractivity contribution in [1.82, 2.24) is 16.0 Å². The third-order valence-electron chi connectivity index (χ3n) is 5.97. The van der Waals surface area contributed by atoms with Gasteiger partial charge in [-0.25, -0.2) is 4.79 Å². The van der Waals surface area contributed by atoms with E-state index in [1.54, 1.807) is 12.1 Å². The number of carboxylic acid groups (broad SMARTS) is 1. The fourth-order valence-corrected chi connectivity index (χ4v) is 3.63. The maximum atomic E-state index is 13.3. The van der Waals surface area contributed by atoms with Gasteiger partial charge in [-0.15, -0.1) is 0 Å². The van der Waals surface area contributed by atoms with Crippen molar-refractivity contribution in [3.8, 4) is 5.75 Å². The highest BCUT2D eigenvalue weighted by Crippen LogP contribution is 2.12. The van der Waals surface area contributed by atoms with Gasteiger partial charge in [-0.2, -0.15) is 0 Å². The molecule has 0 spiro atoms. The van der Waals surface area contributed by atoms with Crippen LogP contribution in [0.4, 0.5) is 0 Å². The zero-order valence-electron chi connectivity index (χ0n) is 22.6. The van der Waals surface area contributed by atoms with Crippen molar-refractivity contribution >= 4 is 29.7 Å². The zero-order chi connectivity index (χ0) is 30.2. The second-order valence-corrected chi connectivity index (χ2v) is 9.39. The summed E-state index contributed by atoms with van der Waals surface area (Å²) >= 11 is 0. The Labute approximate surface area is 232 Å². The smallest absolute Gasteiger partial charge is 0.326 e.